The quantitative estimate of drug-likeness (QED) is 0.0847. The number of nitrogens with two attached hydrogens (primary N) is 2. The Labute approximate surface area is 474 Å². The molecule has 0 radical (unpaired) electrons. The molecule has 0 bridgehead atoms. The number of primary amides is 2. The van der Waals surface area contributed by atoms with Crippen molar-refractivity contribution in [2.75, 3.05) is 40.4 Å². The van der Waals surface area contributed by atoms with Gasteiger partial charge in [-0.05, 0) is 50.0 Å². The van der Waals surface area contributed by atoms with E-state index in [2.05, 4.69) is 107 Å². The Morgan fingerprint density at radius 1 is 0.500 bits per heavy atom. The number of halogens is 13. The molecule has 6 amide bonds. The fourth-order valence-corrected chi connectivity index (χ4v) is 7.86. The zero-order chi connectivity index (χ0) is 56.2. The van der Waals surface area contributed by atoms with Gasteiger partial charge < -0.3 is 40.5 Å². The van der Waals surface area contributed by atoms with Crippen molar-refractivity contribution in [2.24, 2.45) is 35.1 Å². The average Bonchev–Trinajstić information content (AvgIpc) is 4.03. The summed E-state index contributed by atoms with van der Waals surface area (Å²) in [7, 11) is 2.48. The minimum absolute atomic E-state index is 0.0150. The minimum atomic E-state index is -1.80. The normalized spacial score (nSPS) is 20.4. The van der Waals surface area contributed by atoms with Crippen LogP contribution in [-0.4, -0.2) is 132 Å². The Morgan fingerprint density at radius 3 is 0.819 bits per heavy atom. The van der Waals surface area contributed by atoms with E-state index in [0.29, 0.717) is 25.7 Å². The second-order valence-corrected chi connectivity index (χ2v) is 51.0. The number of nitrogens with zero attached hydrogens (tertiary/aromatic N) is 4. The Bertz CT molecular complexity index is 1800. The van der Waals surface area contributed by atoms with Crippen molar-refractivity contribution >= 4 is 145 Å². The molecule has 16 nitrogen and oxygen atoms in total. The molecule has 0 spiro atoms. The van der Waals surface area contributed by atoms with Crippen molar-refractivity contribution in [3.63, 3.8) is 0 Å². The predicted molar refractivity (Wildman–Crippen MR) is 289 cm³/mol. The van der Waals surface area contributed by atoms with Crippen molar-refractivity contribution in [1.82, 2.24) is 19.6 Å². The van der Waals surface area contributed by atoms with E-state index in [9.17, 15) is 73.5 Å². The molecule has 0 aromatic carbocycles. The molecule has 30 heteroatoms. The molecular weight excluding hydrogens is 1590 g/mol. The first-order chi connectivity index (χ1) is 33.6. The van der Waals surface area contributed by atoms with E-state index >= 15 is 0 Å². The molecule has 0 saturated carbocycles. The first-order valence-corrected chi connectivity index (χ1v) is 41.4. The monoisotopic (exact) mass is 1640 g/mol. The van der Waals surface area contributed by atoms with Gasteiger partial charge in [0.05, 0.1) is 14.2 Å². The van der Waals surface area contributed by atoms with E-state index in [1.54, 1.807) is 27.7 Å². The van der Waals surface area contributed by atoms with E-state index in [0.717, 1.165) is 24.3 Å². The average molecular weight is 1640 g/mol. The van der Waals surface area contributed by atoms with Crippen molar-refractivity contribution in [2.45, 2.75) is 103 Å². The van der Waals surface area contributed by atoms with E-state index in [1.807, 2.05) is 0 Å². The van der Waals surface area contributed by atoms with Gasteiger partial charge in [-0.1, -0.05) is 27.7 Å². The van der Waals surface area contributed by atoms with Crippen LogP contribution in [0, 0.1) is 23.7 Å². The van der Waals surface area contributed by atoms with Gasteiger partial charge >= 0.3 is 76.8 Å². The molecule has 0 unspecified atom stereocenters. The van der Waals surface area contributed by atoms with E-state index in [1.165, 1.54) is 33.8 Å². The molecule has 4 saturated heterocycles. The van der Waals surface area contributed by atoms with Crippen LogP contribution >= 0.6 is 97.2 Å². The third kappa shape index (κ3) is 27.4. The van der Waals surface area contributed by atoms with Gasteiger partial charge in [0.1, 0.15) is 24.2 Å². The molecule has 4 heterocycles. The maximum atomic E-state index is 12.1. The van der Waals surface area contributed by atoms with Crippen LogP contribution in [0.25, 0.3) is 0 Å². The van der Waals surface area contributed by atoms with Crippen molar-refractivity contribution in [3.05, 3.63) is 48.6 Å². The Balaban J connectivity index is 0. The molecule has 4 rings (SSSR count). The Morgan fingerprint density at radius 2 is 0.681 bits per heavy atom. The van der Waals surface area contributed by atoms with Crippen LogP contribution in [0.3, 0.4) is 0 Å². The molecule has 412 valence electrons. The molecule has 4 aliphatic heterocycles. The number of hydrogen-bond acceptors (Lipinski definition) is 10. The van der Waals surface area contributed by atoms with E-state index < -0.39 is 95.9 Å². The summed E-state index contributed by atoms with van der Waals surface area (Å²) in [5.74, 6) is -5.47. The van der Waals surface area contributed by atoms with Crippen LogP contribution in [0.1, 0.15) is 79.1 Å². The number of carbonyl (C=O) groups excluding carboxylic acids is 8. The zero-order valence-corrected chi connectivity index (χ0v) is 52.0. The van der Waals surface area contributed by atoms with Crippen molar-refractivity contribution in [3.8, 4) is 0 Å². The summed E-state index contributed by atoms with van der Waals surface area (Å²) < 4.78 is 106. The van der Waals surface area contributed by atoms with Crippen LogP contribution in [0.5, 0.6) is 0 Å². The van der Waals surface area contributed by atoms with Gasteiger partial charge in [-0.3, -0.25) is 28.8 Å². The van der Waals surface area contributed by atoms with E-state index in [4.69, 9.17) is 11.5 Å². The topological polar surface area (TPSA) is 220 Å². The maximum absolute atomic E-state index is 12.1. The van der Waals surface area contributed by atoms with Gasteiger partial charge in [-0.15, -0.1) is 0 Å². The Hall–Kier alpha value is -1.61. The molecule has 0 aromatic rings. The summed E-state index contributed by atoms with van der Waals surface area (Å²) in [6, 6.07) is -2.72. The number of methoxy groups -OCH3 is 2. The second-order valence-electron chi connectivity index (χ2n) is 15.6. The van der Waals surface area contributed by atoms with Gasteiger partial charge in [0.15, 0.2) is 0 Å². The fraction of sp³-hybridized carbons (Fsp3) is 0.619. The first-order valence-electron chi connectivity index (χ1n) is 21.6. The fourth-order valence-electron chi connectivity index (χ4n) is 7.86. The number of amides is 6. The van der Waals surface area contributed by atoms with Crippen LogP contribution in [-0.2, 0) is 52.8 Å². The number of esters is 2. The molecule has 0 aromatic heterocycles. The predicted octanol–water partition coefficient (Wildman–Crippen LogP) is 9.32. The van der Waals surface area contributed by atoms with Gasteiger partial charge in [0.2, 0.25) is 35.4 Å². The van der Waals surface area contributed by atoms with Gasteiger partial charge in [-0.2, -0.15) is 35.1 Å². The second kappa shape index (κ2) is 38.9. The molecule has 8 atom stereocenters. The van der Waals surface area contributed by atoms with Crippen LogP contribution in [0.2, 0.25) is 0 Å². The molecule has 0 aliphatic carbocycles. The number of rotatable bonds is 16. The molecular formula is C42H58F8I5N6O10V. The summed E-state index contributed by atoms with van der Waals surface area (Å²) in [4.78, 5) is 96.2. The van der Waals surface area contributed by atoms with Crippen molar-refractivity contribution < 1.29 is 87.9 Å². The molecule has 4 aliphatic rings. The number of hydrogen-bond donors (Lipinski definition) is 2. The summed E-state index contributed by atoms with van der Waals surface area (Å²) in [5.41, 5.74) is 10.3. The van der Waals surface area contributed by atoms with E-state index in [-0.39, 0.29) is 80.4 Å². The molecule has 4 fully saturated rings. The Kier molecular flexibility index (Phi) is 39.1. The van der Waals surface area contributed by atoms with Crippen LogP contribution in [0.15, 0.2) is 48.6 Å². The third-order valence-electron chi connectivity index (χ3n) is 10.9. The first kappa shape index (κ1) is 72.5. The molecule has 4 N–H and O–H groups in total. The number of ether oxygens (including phenoxy) is 2. The SMILES string of the molecule is CC[C@@H](C(=O)OC)N1C[C@H](C=C(F)F)CC1=O.CC[C@@H](C(N)=O)N1C[C@H](C=C(F)F)CC1=O.CC[C@H](C(=O)OC)N1C[C@H](C=C(F)F)CC1=O.CC[C@H](C(N)=O)N1C[C@H](C=C(F)F)CC1=O.II.[I][V]([I])[I]. The number of carbonyl (C=O) groups is 8. The molecule has 72 heavy (non-hydrogen) atoms. The van der Waals surface area contributed by atoms with Gasteiger partial charge in [0, 0.05) is 113 Å². The number of likely N-dealkylation sites (tertiary alicyclic amines) is 4. The third-order valence-corrected chi connectivity index (χ3v) is 10.9. The summed E-state index contributed by atoms with van der Waals surface area (Å²) in [6.07, 6.45) is -2.46. The van der Waals surface area contributed by atoms with Crippen molar-refractivity contribution in [1.29, 1.82) is 0 Å². The van der Waals surface area contributed by atoms with Crippen LogP contribution < -0.4 is 11.5 Å². The summed E-state index contributed by atoms with van der Waals surface area (Å²) >= 11 is 11.6. The zero-order valence-electron chi connectivity index (χ0n) is 39.8. The van der Waals surface area contributed by atoms with Gasteiger partial charge in [0.25, 0.3) is 24.3 Å². The summed E-state index contributed by atoms with van der Waals surface area (Å²) in [5, 5.41) is 0. The van der Waals surface area contributed by atoms with Crippen LogP contribution in [0.4, 0.5) is 35.1 Å². The standard InChI is InChI=1S/2C11H15F2NO3.2C10H14F2N2O2.I2.3HI.V/c2*1-3-8(11(16)17-2)14-6-7(4-9(12)13)5-10(14)15;2*1-2-7(10(13)16)14-5-6(3-8(11)12)4-9(14)15;1-2;;;;/h2*4,7-8H,3,5-6H2,1-2H3;2*3,6-7H,2,4-5H2,1H3,(H2,13,16);;3*1H;/q;;;;;;;;+3/p-3/t7-,8+;7-,8-;6-,7+;6-,7-;;;;;/m1111...../s1. The van der Waals surface area contributed by atoms with Gasteiger partial charge in [-0.25, -0.2) is 9.59 Å². The summed E-state index contributed by atoms with van der Waals surface area (Å²) in [6.45, 7) is 7.49.